The van der Waals surface area contributed by atoms with E-state index in [0.29, 0.717) is 24.5 Å². The van der Waals surface area contributed by atoms with Crippen LogP contribution >= 0.6 is 0 Å². The average Bonchev–Trinajstić information content (AvgIpc) is 2.83. The van der Waals surface area contributed by atoms with Crippen molar-refractivity contribution in [1.82, 2.24) is 0 Å². The summed E-state index contributed by atoms with van der Waals surface area (Å²) in [6, 6.07) is 8.92. The molecule has 1 unspecified atom stereocenters. The SMILES string of the molecule is N#Cc1cccc(NC(=O)C2CCOC2)c1. The quantitative estimate of drug-likeness (QED) is 0.815. The zero-order valence-corrected chi connectivity index (χ0v) is 8.77. The van der Waals surface area contributed by atoms with Gasteiger partial charge in [0, 0.05) is 12.3 Å². The number of amides is 1. The molecule has 0 aliphatic carbocycles. The molecule has 1 fully saturated rings. The Morgan fingerprint density at radius 1 is 1.56 bits per heavy atom. The Morgan fingerprint density at radius 2 is 2.44 bits per heavy atom. The Kier molecular flexibility index (Phi) is 3.18. The molecule has 0 aromatic heterocycles. The van der Waals surface area contributed by atoms with Crippen molar-refractivity contribution in [3.8, 4) is 6.07 Å². The van der Waals surface area contributed by atoms with E-state index >= 15 is 0 Å². The van der Waals surface area contributed by atoms with Crippen molar-refractivity contribution in [3.05, 3.63) is 29.8 Å². The minimum atomic E-state index is -0.0641. The second-order valence-corrected chi connectivity index (χ2v) is 3.74. The maximum Gasteiger partial charge on any atom is 0.229 e. The van der Waals surface area contributed by atoms with Crippen LogP contribution in [-0.2, 0) is 9.53 Å². The summed E-state index contributed by atoms with van der Waals surface area (Å²) in [7, 11) is 0. The fraction of sp³-hybridized carbons (Fsp3) is 0.333. The van der Waals surface area contributed by atoms with Gasteiger partial charge in [0.25, 0.3) is 0 Å². The number of nitrogens with one attached hydrogen (secondary N) is 1. The Bertz CT molecular complexity index is 431. The van der Waals surface area contributed by atoms with Crippen LogP contribution in [-0.4, -0.2) is 19.1 Å². The summed E-state index contributed by atoms with van der Waals surface area (Å²) in [4.78, 5) is 11.7. The molecule has 1 aromatic rings. The molecule has 1 aliphatic heterocycles. The molecule has 1 aliphatic rings. The summed E-state index contributed by atoms with van der Waals surface area (Å²) in [6.07, 6.45) is 0.768. The van der Waals surface area contributed by atoms with Crippen LogP contribution < -0.4 is 5.32 Å². The van der Waals surface area contributed by atoms with Crippen molar-refractivity contribution in [2.24, 2.45) is 5.92 Å². The third-order valence-electron chi connectivity index (χ3n) is 2.56. The molecule has 2 rings (SSSR count). The van der Waals surface area contributed by atoms with E-state index in [4.69, 9.17) is 10.00 Å². The van der Waals surface area contributed by atoms with Gasteiger partial charge in [-0.25, -0.2) is 0 Å². The lowest BCUT2D eigenvalue weighted by molar-refractivity contribution is -0.119. The Balaban J connectivity index is 2.03. The zero-order valence-electron chi connectivity index (χ0n) is 8.77. The fourth-order valence-corrected chi connectivity index (χ4v) is 1.65. The van der Waals surface area contributed by atoms with Crippen LogP contribution in [0.1, 0.15) is 12.0 Å². The van der Waals surface area contributed by atoms with E-state index in [9.17, 15) is 4.79 Å². The number of hydrogen-bond donors (Lipinski definition) is 1. The number of nitriles is 1. The van der Waals surface area contributed by atoms with Gasteiger partial charge < -0.3 is 10.1 Å². The van der Waals surface area contributed by atoms with Gasteiger partial charge in [0.05, 0.1) is 24.2 Å². The molecule has 1 aromatic carbocycles. The number of carbonyl (C=O) groups is 1. The van der Waals surface area contributed by atoms with Gasteiger partial charge >= 0.3 is 0 Å². The highest BCUT2D eigenvalue weighted by Gasteiger charge is 2.23. The van der Waals surface area contributed by atoms with E-state index < -0.39 is 0 Å². The number of benzene rings is 1. The molecule has 0 radical (unpaired) electrons. The molecular weight excluding hydrogens is 204 g/mol. The minimum absolute atomic E-state index is 0.0346. The van der Waals surface area contributed by atoms with Gasteiger partial charge in [-0.2, -0.15) is 5.26 Å². The summed E-state index contributed by atoms with van der Waals surface area (Å²) in [5.41, 5.74) is 1.21. The van der Waals surface area contributed by atoms with Crippen LogP contribution in [0.4, 0.5) is 5.69 Å². The minimum Gasteiger partial charge on any atom is -0.381 e. The molecule has 4 heteroatoms. The van der Waals surface area contributed by atoms with E-state index in [2.05, 4.69) is 5.32 Å². The highest BCUT2D eigenvalue weighted by molar-refractivity contribution is 5.92. The number of anilines is 1. The smallest absolute Gasteiger partial charge is 0.229 e. The first kappa shape index (κ1) is 10.7. The molecule has 0 bridgehead atoms. The monoisotopic (exact) mass is 216 g/mol. The number of rotatable bonds is 2. The summed E-state index contributed by atoms with van der Waals surface area (Å²) >= 11 is 0. The molecular formula is C12H12N2O2. The molecule has 1 N–H and O–H groups in total. The third kappa shape index (κ3) is 2.38. The topological polar surface area (TPSA) is 62.1 Å². The van der Waals surface area contributed by atoms with Crippen molar-refractivity contribution < 1.29 is 9.53 Å². The van der Waals surface area contributed by atoms with Crippen molar-refractivity contribution in [2.75, 3.05) is 18.5 Å². The fourth-order valence-electron chi connectivity index (χ4n) is 1.65. The molecule has 0 saturated carbocycles. The Hall–Kier alpha value is -1.86. The summed E-state index contributed by atoms with van der Waals surface area (Å²) < 4.78 is 5.15. The molecule has 82 valence electrons. The molecule has 1 atom stereocenters. The van der Waals surface area contributed by atoms with Crippen LogP contribution in [0.2, 0.25) is 0 Å². The Morgan fingerprint density at radius 3 is 3.12 bits per heavy atom. The second-order valence-electron chi connectivity index (χ2n) is 3.74. The third-order valence-corrected chi connectivity index (χ3v) is 2.56. The van der Waals surface area contributed by atoms with E-state index in [1.54, 1.807) is 24.3 Å². The van der Waals surface area contributed by atoms with Gasteiger partial charge in [0.15, 0.2) is 0 Å². The number of hydrogen-bond acceptors (Lipinski definition) is 3. The lowest BCUT2D eigenvalue weighted by Crippen LogP contribution is -2.22. The predicted octanol–water partition coefficient (Wildman–Crippen LogP) is 1.53. The van der Waals surface area contributed by atoms with Crippen molar-refractivity contribution >= 4 is 11.6 Å². The van der Waals surface area contributed by atoms with Crippen LogP contribution in [0.15, 0.2) is 24.3 Å². The maximum absolute atomic E-state index is 11.7. The maximum atomic E-state index is 11.7. The van der Waals surface area contributed by atoms with Gasteiger partial charge in [-0.3, -0.25) is 4.79 Å². The van der Waals surface area contributed by atoms with Crippen molar-refractivity contribution in [2.45, 2.75) is 6.42 Å². The van der Waals surface area contributed by atoms with E-state index in [0.717, 1.165) is 6.42 Å². The van der Waals surface area contributed by atoms with E-state index in [1.165, 1.54) is 0 Å². The van der Waals surface area contributed by atoms with Gasteiger partial charge in [-0.1, -0.05) is 6.07 Å². The summed E-state index contributed by atoms with van der Waals surface area (Å²) in [5.74, 6) is -0.0988. The van der Waals surface area contributed by atoms with E-state index in [-0.39, 0.29) is 11.8 Å². The number of ether oxygens (including phenoxy) is 1. The number of carbonyl (C=O) groups excluding carboxylic acids is 1. The van der Waals surface area contributed by atoms with Crippen molar-refractivity contribution in [3.63, 3.8) is 0 Å². The predicted molar refractivity (Wildman–Crippen MR) is 58.7 cm³/mol. The molecule has 1 amide bonds. The van der Waals surface area contributed by atoms with E-state index in [1.807, 2.05) is 6.07 Å². The lowest BCUT2D eigenvalue weighted by Gasteiger charge is -2.09. The normalized spacial score (nSPS) is 19.1. The van der Waals surface area contributed by atoms with Crippen LogP contribution in [0.5, 0.6) is 0 Å². The van der Waals surface area contributed by atoms with Gasteiger partial charge in [0.1, 0.15) is 0 Å². The molecule has 1 heterocycles. The first-order chi connectivity index (χ1) is 7.79. The average molecular weight is 216 g/mol. The summed E-state index contributed by atoms with van der Waals surface area (Å²) in [5, 5.41) is 11.5. The molecule has 16 heavy (non-hydrogen) atoms. The zero-order chi connectivity index (χ0) is 11.4. The van der Waals surface area contributed by atoms with Gasteiger partial charge in [-0.05, 0) is 24.6 Å². The number of nitrogens with zero attached hydrogens (tertiary/aromatic N) is 1. The van der Waals surface area contributed by atoms with Gasteiger partial charge in [0.2, 0.25) is 5.91 Å². The van der Waals surface area contributed by atoms with Crippen LogP contribution in [0.25, 0.3) is 0 Å². The standard InChI is InChI=1S/C12H12N2O2/c13-7-9-2-1-3-11(6-9)14-12(15)10-4-5-16-8-10/h1-3,6,10H,4-5,8H2,(H,14,15). The molecule has 1 saturated heterocycles. The van der Waals surface area contributed by atoms with Gasteiger partial charge in [-0.15, -0.1) is 0 Å². The summed E-state index contributed by atoms with van der Waals surface area (Å²) in [6.45, 7) is 1.14. The largest absolute Gasteiger partial charge is 0.381 e. The van der Waals surface area contributed by atoms with Crippen molar-refractivity contribution in [1.29, 1.82) is 5.26 Å². The first-order valence-electron chi connectivity index (χ1n) is 5.18. The molecule has 0 spiro atoms. The lowest BCUT2D eigenvalue weighted by atomic mass is 10.1. The Labute approximate surface area is 93.8 Å². The van der Waals surface area contributed by atoms with Crippen LogP contribution in [0.3, 0.4) is 0 Å². The molecule has 4 nitrogen and oxygen atoms in total. The second kappa shape index (κ2) is 4.77. The highest BCUT2D eigenvalue weighted by atomic mass is 16.5. The highest BCUT2D eigenvalue weighted by Crippen LogP contribution is 2.16. The first-order valence-corrected chi connectivity index (χ1v) is 5.18. The van der Waals surface area contributed by atoms with Crippen LogP contribution in [0, 0.1) is 17.2 Å².